The van der Waals surface area contributed by atoms with Crippen LogP contribution in [0, 0.1) is 44.8 Å². The minimum atomic E-state index is -1.14. The van der Waals surface area contributed by atoms with Gasteiger partial charge in [-0.2, -0.15) is 0 Å². The van der Waals surface area contributed by atoms with Crippen LogP contribution < -0.4 is 0 Å². The van der Waals surface area contributed by atoms with Gasteiger partial charge in [0.2, 0.25) is 0 Å². The summed E-state index contributed by atoms with van der Waals surface area (Å²) in [5.74, 6) is 0.984. The van der Waals surface area contributed by atoms with Gasteiger partial charge in [-0.15, -0.1) is 5.73 Å². The zero-order chi connectivity index (χ0) is 23.4. The van der Waals surface area contributed by atoms with E-state index in [4.69, 9.17) is 0 Å². The highest BCUT2D eigenvalue weighted by Gasteiger charge is 2.75. The van der Waals surface area contributed by atoms with Crippen LogP contribution >= 0.6 is 0 Å². The summed E-state index contributed by atoms with van der Waals surface area (Å²) >= 11 is 0. The zero-order valence-electron chi connectivity index (χ0n) is 21.6. The molecule has 2 heteroatoms. The number of allylic oxidation sites excluding steroid dienone is 1. The molecular formula is C30H47FO. The molecule has 0 radical (unpaired) electrons. The van der Waals surface area contributed by atoms with Crippen LogP contribution in [0.3, 0.4) is 0 Å². The Kier molecular flexibility index (Phi) is 4.89. The van der Waals surface area contributed by atoms with Crippen molar-refractivity contribution in [3.05, 3.63) is 17.9 Å². The van der Waals surface area contributed by atoms with Crippen LogP contribution in [0.1, 0.15) is 112 Å². The topological polar surface area (TPSA) is 20.2 Å². The van der Waals surface area contributed by atoms with Gasteiger partial charge in [0.25, 0.3) is 0 Å². The van der Waals surface area contributed by atoms with Crippen molar-refractivity contribution in [1.82, 2.24) is 0 Å². The lowest BCUT2D eigenvalue weighted by Crippen LogP contribution is -2.71. The van der Waals surface area contributed by atoms with Crippen molar-refractivity contribution in [3.8, 4) is 0 Å². The van der Waals surface area contributed by atoms with Crippen molar-refractivity contribution in [2.24, 2.45) is 44.8 Å². The smallest absolute Gasteiger partial charge is 0.120 e. The van der Waals surface area contributed by atoms with Crippen LogP contribution in [0.25, 0.3) is 0 Å². The molecule has 5 saturated carbocycles. The lowest BCUT2D eigenvalue weighted by molar-refractivity contribution is -0.278. The van der Waals surface area contributed by atoms with Crippen molar-refractivity contribution in [2.75, 3.05) is 0 Å². The maximum Gasteiger partial charge on any atom is 0.120 e. The normalized spacial score (nSPS) is 56.8. The molecule has 180 valence electrons. The molecular weight excluding hydrogens is 395 g/mol. The van der Waals surface area contributed by atoms with Gasteiger partial charge in [0.05, 0.1) is 6.10 Å². The molecule has 32 heavy (non-hydrogen) atoms. The van der Waals surface area contributed by atoms with E-state index in [1.807, 2.05) is 0 Å². The molecule has 0 aromatic carbocycles. The van der Waals surface area contributed by atoms with Crippen molar-refractivity contribution >= 4 is 0 Å². The number of alkyl halides is 1. The second-order valence-corrected chi connectivity index (χ2v) is 14.5. The standard InChI is InChI=1S/C30H47FO/c1-8-20-18-25(2,3)19-24-26(20,4)16-17-29(7)28(6)14-11-21-22(32)10-9-13-27(21,5)23(28)12-15-30(24,29)31/h21-24,32H,1,9-19H2,2-7H3/t21-,22-,23+,24-,26-,27-,28+,29-,30-/m0/s1. The Balaban J connectivity index is 1.60. The molecule has 0 saturated heterocycles. The van der Waals surface area contributed by atoms with Gasteiger partial charge in [-0.25, -0.2) is 4.39 Å². The molecule has 0 heterocycles. The number of fused-ring (bicyclic) bond motifs is 7. The first-order valence-electron chi connectivity index (χ1n) is 13.5. The van der Waals surface area contributed by atoms with Crippen molar-refractivity contribution in [2.45, 2.75) is 124 Å². The molecule has 0 spiro atoms. The average Bonchev–Trinajstić information content (AvgIpc) is 2.71. The Morgan fingerprint density at radius 1 is 0.906 bits per heavy atom. The number of hydrogen-bond donors (Lipinski definition) is 1. The van der Waals surface area contributed by atoms with Gasteiger partial charge < -0.3 is 5.11 Å². The van der Waals surface area contributed by atoms with Crippen LogP contribution in [0.4, 0.5) is 4.39 Å². The number of aliphatic hydroxyl groups is 1. The van der Waals surface area contributed by atoms with E-state index in [2.05, 4.69) is 53.9 Å². The van der Waals surface area contributed by atoms with Gasteiger partial charge in [0.15, 0.2) is 0 Å². The molecule has 0 aromatic heterocycles. The summed E-state index contributed by atoms with van der Waals surface area (Å²) in [4.78, 5) is 0. The Labute approximate surface area is 196 Å². The van der Waals surface area contributed by atoms with E-state index in [1.165, 1.54) is 12.0 Å². The molecule has 0 bridgehead atoms. The molecule has 1 nitrogen and oxygen atoms in total. The van der Waals surface area contributed by atoms with E-state index in [1.54, 1.807) is 0 Å². The first-order valence-corrected chi connectivity index (χ1v) is 13.5. The summed E-state index contributed by atoms with van der Waals surface area (Å²) in [5, 5.41) is 10.9. The molecule has 0 aromatic rings. The molecule has 0 aliphatic heterocycles. The van der Waals surface area contributed by atoms with E-state index in [0.29, 0.717) is 18.3 Å². The summed E-state index contributed by atoms with van der Waals surface area (Å²) in [6.45, 7) is 18.3. The monoisotopic (exact) mass is 442 g/mol. The SMILES string of the molecule is C=C=C1CC(C)(C)C[C@H]2[C@@]1(C)CC[C@@]1(C)[C@]3(C)CC[C@H]4[C@@H](O)CCC[C@]4(C)[C@H]3CC[C@]21F. The van der Waals surface area contributed by atoms with E-state index in [0.717, 1.165) is 57.8 Å². The third-order valence-electron chi connectivity index (χ3n) is 12.8. The maximum absolute atomic E-state index is 18.0. The van der Waals surface area contributed by atoms with Gasteiger partial charge in [-0.3, -0.25) is 0 Å². The number of aliphatic hydroxyl groups excluding tert-OH is 1. The fourth-order valence-corrected chi connectivity index (χ4v) is 10.8. The van der Waals surface area contributed by atoms with Gasteiger partial charge in [0.1, 0.15) is 5.67 Å². The highest BCUT2D eigenvalue weighted by atomic mass is 19.1. The Hall–Kier alpha value is -0.590. The molecule has 5 aliphatic carbocycles. The molecule has 9 atom stereocenters. The van der Waals surface area contributed by atoms with Crippen LogP contribution in [0.5, 0.6) is 0 Å². The fraction of sp³-hybridized carbons (Fsp3) is 0.900. The molecule has 1 N–H and O–H groups in total. The van der Waals surface area contributed by atoms with Crippen LogP contribution in [-0.2, 0) is 0 Å². The third-order valence-corrected chi connectivity index (χ3v) is 12.8. The quantitative estimate of drug-likeness (QED) is 0.376. The van der Waals surface area contributed by atoms with Crippen molar-refractivity contribution < 1.29 is 9.50 Å². The Morgan fingerprint density at radius 3 is 2.31 bits per heavy atom. The minimum Gasteiger partial charge on any atom is -0.393 e. The van der Waals surface area contributed by atoms with Gasteiger partial charge in [-0.1, -0.05) is 54.5 Å². The first-order chi connectivity index (χ1) is 14.8. The summed E-state index contributed by atoms with van der Waals surface area (Å²) in [6.07, 6.45) is 11.0. The lowest BCUT2D eigenvalue weighted by atomic mass is 9.31. The zero-order valence-corrected chi connectivity index (χ0v) is 21.6. The highest BCUT2D eigenvalue weighted by Crippen LogP contribution is 2.78. The first kappa shape index (κ1) is 23.2. The predicted octanol–water partition coefficient (Wildman–Crippen LogP) is 8.03. The number of halogens is 1. The van der Waals surface area contributed by atoms with Crippen LogP contribution in [0.2, 0.25) is 0 Å². The fourth-order valence-electron chi connectivity index (χ4n) is 10.8. The second-order valence-electron chi connectivity index (χ2n) is 14.5. The number of hydrogen-bond acceptors (Lipinski definition) is 1. The Morgan fingerprint density at radius 2 is 1.62 bits per heavy atom. The van der Waals surface area contributed by atoms with Crippen molar-refractivity contribution in [1.29, 1.82) is 0 Å². The Bertz CT molecular complexity index is 855. The third kappa shape index (κ3) is 2.61. The van der Waals surface area contributed by atoms with Gasteiger partial charge in [0, 0.05) is 16.7 Å². The lowest BCUT2D eigenvalue weighted by Gasteiger charge is -2.74. The van der Waals surface area contributed by atoms with Gasteiger partial charge >= 0.3 is 0 Å². The maximum atomic E-state index is 18.0. The summed E-state index contributed by atoms with van der Waals surface area (Å²) in [7, 11) is 0. The van der Waals surface area contributed by atoms with Gasteiger partial charge in [-0.05, 0) is 97.9 Å². The summed E-state index contributed by atoms with van der Waals surface area (Å²) in [5.41, 5.74) is 3.33. The second kappa shape index (κ2) is 6.75. The van der Waals surface area contributed by atoms with Crippen LogP contribution in [0.15, 0.2) is 17.9 Å². The molecule has 5 rings (SSSR count). The summed E-state index contributed by atoms with van der Waals surface area (Å²) in [6, 6.07) is 0. The highest BCUT2D eigenvalue weighted by molar-refractivity contribution is 5.30. The molecule has 0 amide bonds. The molecule has 0 unspecified atom stereocenters. The predicted molar refractivity (Wildman–Crippen MR) is 130 cm³/mol. The molecule has 5 fully saturated rings. The average molecular weight is 443 g/mol. The van der Waals surface area contributed by atoms with E-state index in [9.17, 15) is 5.11 Å². The number of rotatable bonds is 0. The van der Waals surface area contributed by atoms with E-state index >= 15 is 4.39 Å². The van der Waals surface area contributed by atoms with E-state index in [-0.39, 0.29) is 39.1 Å². The summed E-state index contributed by atoms with van der Waals surface area (Å²) < 4.78 is 18.0. The molecule has 5 aliphatic rings. The van der Waals surface area contributed by atoms with Crippen LogP contribution in [-0.4, -0.2) is 16.9 Å². The minimum absolute atomic E-state index is 0.00326. The largest absolute Gasteiger partial charge is 0.393 e. The van der Waals surface area contributed by atoms with E-state index < -0.39 is 5.67 Å². The van der Waals surface area contributed by atoms with Crippen molar-refractivity contribution in [3.63, 3.8) is 0 Å².